The Bertz CT molecular complexity index is 1290. The van der Waals surface area contributed by atoms with Crippen molar-refractivity contribution in [3.05, 3.63) is 59.5 Å². The number of amides is 1. The Morgan fingerprint density at radius 1 is 1.00 bits per heavy atom. The third kappa shape index (κ3) is 4.06. The smallest absolute Gasteiger partial charge is 0.243 e. The minimum atomic E-state index is -3.46. The molecule has 1 atom stereocenters. The normalized spacial score (nSPS) is 19.5. The van der Waals surface area contributed by atoms with Crippen LogP contribution in [0.15, 0.2) is 51.9 Å². The minimum absolute atomic E-state index is 0.0273. The molecule has 172 valence electrons. The largest absolute Gasteiger partial charge is 0.339 e. The maximum atomic E-state index is 12.7. The summed E-state index contributed by atoms with van der Waals surface area (Å²) in [4.78, 5) is 19.2. The molecule has 0 N–H and O–H groups in total. The standard InChI is InChI=1S/C24H26N4O4S/c1-16-5-8-20(13-17(16)2)28-15-19(14-22(28)29)24-25-23(26-32-24)18-6-9-21(10-7-18)33(30,31)27-11-3-4-12-27/h5-10,13,19H,3-4,11-12,14-15H2,1-2H3/t19-/m0/s1. The van der Waals surface area contributed by atoms with Crippen molar-refractivity contribution < 1.29 is 17.7 Å². The third-order valence-electron chi connectivity index (χ3n) is 6.53. The highest BCUT2D eigenvalue weighted by atomic mass is 32.2. The topological polar surface area (TPSA) is 96.6 Å². The summed E-state index contributed by atoms with van der Waals surface area (Å²) < 4.78 is 32.4. The van der Waals surface area contributed by atoms with E-state index in [0.29, 0.717) is 43.3 Å². The molecule has 0 bridgehead atoms. The Labute approximate surface area is 193 Å². The Morgan fingerprint density at radius 3 is 2.42 bits per heavy atom. The molecule has 2 fully saturated rings. The number of aromatic nitrogens is 2. The van der Waals surface area contributed by atoms with Crippen LogP contribution in [0.25, 0.3) is 11.4 Å². The van der Waals surface area contributed by atoms with Crippen LogP contribution in [0.5, 0.6) is 0 Å². The minimum Gasteiger partial charge on any atom is -0.339 e. The molecule has 0 spiro atoms. The molecule has 33 heavy (non-hydrogen) atoms. The molecule has 0 unspecified atom stereocenters. The molecule has 2 aliphatic heterocycles. The average molecular weight is 467 g/mol. The predicted octanol–water partition coefficient (Wildman–Crippen LogP) is 3.66. The van der Waals surface area contributed by atoms with Gasteiger partial charge in [0.05, 0.1) is 10.8 Å². The van der Waals surface area contributed by atoms with Crippen LogP contribution < -0.4 is 4.90 Å². The number of sulfonamides is 1. The van der Waals surface area contributed by atoms with E-state index in [9.17, 15) is 13.2 Å². The number of anilines is 1. The van der Waals surface area contributed by atoms with Crippen LogP contribution >= 0.6 is 0 Å². The van der Waals surface area contributed by atoms with Crippen molar-refractivity contribution in [1.82, 2.24) is 14.4 Å². The Morgan fingerprint density at radius 2 is 1.73 bits per heavy atom. The number of carbonyl (C=O) groups excluding carboxylic acids is 1. The van der Waals surface area contributed by atoms with Crippen molar-refractivity contribution in [3.63, 3.8) is 0 Å². The SMILES string of the molecule is Cc1ccc(N2C[C@@H](c3nc(-c4ccc(S(=O)(=O)N5CCCC5)cc4)no3)CC2=O)cc1C. The average Bonchev–Trinajstić information content (AvgIpc) is 3.57. The molecule has 2 saturated heterocycles. The van der Waals surface area contributed by atoms with E-state index in [1.807, 2.05) is 32.0 Å². The van der Waals surface area contributed by atoms with E-state index >= 15 is 0 Å². The van der Waals surface area contributed by atoms with Crippen molar-refractivity contribution >= 4 is 21.6 Å². The lowest BCUT2D eigenvalue weighted by Gasteiger charge is -2.17. The first kappa shape index (κ1) is 21.8. The van der Waals surface area contributed by atoms with Crippen LogP contribution in [0.3, 0.4) is 0 Å². The number of benzene rings is 2. The van der Waals surface area contributed by atoms with Crippen LogP contribution in [-0.2, 0) is 14.8 Å². The first-order valence-electron chi connectivity index (χ1n) is 11.1. The van der Waals surface area contributed by atoms with E-state index in [-0.39, 0.29) is 16.7 Å². The van der Waals surface area contributed by atoms with Gasteiger partial charge in [0.1, 0.15) is 0 Å². The number of aryl methyl sites for hydroxylation is 2. The van der Waals surface area contributed by atoms with Gasteiger partial charge < -0.3 is 9.42 Å². The zero-order valence-corrected chi connectivity index (χ0v) is 19.5. The van der Waals surface area contributed by atoms with E-state index in [4.69, 9.17) is 4.52 Å². The summed E-state index contributed by atoms with van der Waals surface area (Å²) in [6.45, 7) is 5.69. The van der Waals surface area contributed by atoms with E-state index in [2.05, 4.69) is 10.1 Å². The van der Waals surface area contributed by atoms with Gasteiger partial charge in [0.25, 0.3) is 0 Å². The fourth-order valence-electron chi connectivity index (χ4n) is 4.39. The zero-order valence-electron chi connectivity index (χ0n) is 18.7. The second-order valence-corrected chi connectivity index (χ2v) is 10.7. The molecule has 5 rings (SSSR count). The van der Waals surface area contributed by atoms with Gasteiger partial charge in [0.2, 0.25) is 27.6 Å². The molecule has 2 aliphatic rings. The van der Waals surface area contributed by atoms with Crippen LogP contribution in [0.4, 0.5) is 5.69 Å². The Kier molecular flexibility index (Phi) is 5.54. The molecule has 1 amide bonds. The summed E-state index contributed by atoms with van der Waals surface area (Å²) >= 11 is 0. The first-order chi connectivity index (χ1) is 15.8. The van der Waals surface area contributed by atoms with Crippen LogP contribution in [0, 0.1) is 13.8 Å². The lowest BCUT2D eigenvalue weighted by Crippen LogP contribution is -2.27. The van der Waals surface area contributed by atoms with E-state index < -0.39 is 10.0 Å². The van der Waals surface area contributed by atoms with Crippen molar-refractivity contribution in [3.8, 4) is 11.4 Å². The maximum Gasteiger partial charge on any atom is 0.243 e. The molecule has 0 aliphatic carbocycles. The van der Waals surface area contributed by atoms with Gasteiger partial charge in [-0.25, -0.2) is 8.42 Å². The summed E-state index contributed by atoms with van der Waals surface area (Å²) in [5, 5.41) is 4.07. The zero-order chi connectivity index (χ0) is 23.2. The van der Waals surface area contributed by atoms with Gasteiger partial charge in [0, 0.05) is 37.3 Å². The number of carbonyl (C=O) groups is 1. The number of nitrogens with zero attached hydrogens (tertiary/aromatic N) is 4. The second kappa shape index (κ2) is 8.39. The quantitative estimate of drug-likeness (QED) is 0.569. The third-order valence-corrected chi connectivity index (χ3v) is 8.45. The lowest BCUT2D eigenvalue weighted by molar-refractivity contribution is -0.117. The molecule has 0 radical (unpaired) electrons. The van der Waals surface area contributed by atoms with E-state index in [0.717, 1.165) is 24.1 Å². The van der Waals surface area contributed by atoms with Crippen LogP contribution in [-0.4, -0.2) is 48.4 Å². The highest BCUT2D eigenvalue weighted by Crippen LogP contribution is 2.33. The number of hydrogen-bond donors (Lipinski definition) is 0. The van der Waals surface area contributed by atoms with Gasteiger partial charge in [-0.3, -0.25) is 4.79 Å². The summed E-state index contributed by atoms with van der Waals surface area (Å²) in [6.07, 6.45) is 2.10. The summed E-state index contributed by atoms with van der Waals surface area (Å²) in [5.41, 5.74) is 3.86. The number of hydrogen-bond acceptors (Lipinski definition) is 6. The van der Waals surface area contributed by atoms with E-state index in [1.54, 1.807) is 29.2 Å². The fraction of sp³-hybridized carbons (Fsp3) is 0.375. The summed E-state index contributed by atoms with van der Waals surface area (Å²) in [6, 6.07) is 12.5. The maximum absolute atomic E-state index is 12.7. The highest BCUT2D eigenvalue weighted by molar-refractivity contribution is 7.89. The predicted molar refractivity (Wildman–Crippen MR) is 123 cm³/mol. The van der Waals surface area contributed by atoms with Crippen LogP contribution in [0.2, 0.25) is 0 Å². The van der Waals surface area contributed by atoms with Gasteiger partial charge in [-0.05, 0) is 74.2 Å². The van der Waals surface area contributed by atoms with Crippen molar-refractivity contribution in [2.24, 2.45) is 0 Å². The van der Waals surface area contributed by atoms with Gasteiger partial charge in [-0.2, -0.15) is 9.29 Å². The van der Waals surface area contributed by atoms with Crippen LogP contribution in [0.1, 0.15) is 42.2 Å². The van der Waals surface area contributed by atoms with Gasteiger partial charge in [-0.15, -0.1) is 0 Å². The molecule has 3 heterocycles. The summed E-state index contributed by atoms with van der Waals surface area (Å²) in [7, 11) is -3.46. The molecule has 1 aromatic heterocycles. The van der Waals surface area contributed by atoms with Gasteiger partial charge in [0.15, 0.2) is 0 Å². The van der Waals surface area contributed by atoms with Crippen molar-refractivity contribution in [2.75, 3.05) is 24.5 Å². The molecular weight excluding hydrogens is 440 g/mol. The molecular formula is C24H26N4O4S. The monoisotopic (exact) mass is 466 g/mol. The molecule has 2 aromatic carbocycles. The Hall–Kier alpha value is -3.04. The van der Waals surface area contributed by atoms with Gasteiger partial charge in [-0.1, -0.05) is 11.2 Å². The molecule has 3 aromatic rings. The summed E-state index contributed by atoms with van der Waals surface area (Å²) in [5.74, 6) is 0.639. The molecule has 9 heteroatoms. The fourth-order valence-corrected chi connectivity index (χ4v) is 5.90. The first-order valence-corrected chi connectivity index (χ1v) is 12.6. The molecule has 0 saturated carbocycles. The molecule has 8 nitrogen and oxygen atoms in total. The number of rotatable bonds is 5. The Balaban J connectivity index is 1.32. The van der Waals surface area contributed by atoms with E-state index in [1.165, 1.54) is 9.87 Å². The highest BCUT2D eigenvalue weighted by Gasteiger charge is 2.35. The van der Waals surface area contributed by atoms with Crippen molar-refractivity contribution in [2.45, 2.75) is 43.9 Å². The van der Waals surface area contributed by atoms with Crippen molar-refractivity contribution in [1.29, 1.82) is 0 Å². The van der Waals surface area contributed by atoms with Gasteiger partial charge >= 0.3 is 0 Å². The second-order valence-electron chi connectivity index (χ2n) is 8.77. The lowest BCUT2D eigenvalue weighted by atomic mass is 10.1.